The van der Waals surface area contributed by atoms with Crippen LogP contribution in [0.15, 0.2) is 18.2 Å². The van der Waals surface area contributed by atoms with Crippen LogP contribution in [0, 0.1) is 11.8 Å². The summed E-state index contributed by atoms with van der Waals surface area (Å²) in [5.74, 6) is 1.10. The Labute approximate surface area is 142 Å². The number of aryl methyl sites for hydroxylation is 1. The minimum Gasteiger partial charge on any atom is -0.466 e. The third-order valence-electron chi connectivity index (χ3n) is 4.62. The molecular weight excluding hydrogens is 304 g/mol. The average molecular weight is 330 g/mol. The number of ether oxygens (including phenoxy) is 1. The molecule has 1 aromatic carbocycles. The highest BCUT2D eigenvalue weighted by Crippen LogP contribution is 2.39. The molecule has 0 fully saturated rings. The van der Waals surface area contributed by atoms with Gasteiger partial charge < -0.3 is 4.74 Å². The maximum Gasteiger partial charge on any atom is 0.306 e. The van der Waals surface area contributed by atoms with Gasteiger partial charge in [-0.3, -0.25) is 4.79 Å². The molecule has 3 rings (SSSR count). The van der Waals surface area contributed by atoms with Crippen molar-refractivity contribution in [1.82, 2.24) is 0 Å². The van der Waals surface area contributed by atoms with E-state index in [0.717, 1.165) is 25.7 Å². The molecular formula is C20H26O2S. The minimum absolute atomic E-state index is 0.0405. The zero-order valence-electron chi connectivity index (χ0n) is 14.4. The predicted molar refractivity (Wildman–Crippen MR) is 97.1 cm³/mol. The summed E-state index contributed by atoms with van der Waals surface area (Å²) in [5, 5.41) is 1.46. The quantitative estimate of drug-likeness (QED) is 0.708. The molecule has 0 saturated heterocycles. The second-order valence-corrected chi connectivity index (χ2v) is 8.19. The molecule has 1 aliphatic carbocycles. The number of carbonyl (C=O) groups excluding carboxylic acids is 1. The van der Waals surface area contributed by atoms with E-state index in [9.17, 15) is 4.79 Å². The summed E-state index contributed by atoms with van der Waals surface area (Å²) in [6.07, 6.45) is 4.95. The molecule has 0 N–H and O–H groups in total. The number of hydrogen-bond acceptors (Lipinski definition) is 3. The lowest BCUT2D eigenvalue weighted by Gasteiger charge is -2.21. The Morgan fingerprint density at radius 3 is 2.96 bits per heavy atom. The Balaban J connectivity index is 1.80. The van der Waals surface area contributed by atoms with Crippen LogP contribution in [0.2, 0.25) is 0 Å². The van der Waals surface area contributed by atoms with Crippen LogP contribution in [0.4, 0.5) is 0 Å². The van der Waals surface area contributed by atoms with Gasteiger partial charge in [0.25, 0.3) is 0 Å². The van der Waals surface area contributed by atoms with E-state index in [2.05, 4.69) is 32.0 Å². The highest BCUT2D eigenvalue weighted by molar-refractivity contribution is 7.19. The molecule has 1 heterocycles. The van der Waals surface area contributed by atoms with Gasteiger partial charge in [0.05, 0.1) is 6.61 Å². The van der Waals surface area contributed by atoms with Crippen LogP contribution in [-0.2, 0) is 28.8 Å². The van der Waals surface area contributed by atoms with Gasteiger partial charge in [-0.1, -0.05) is 26.0 Å². The van der Waals surface area contributed by atoms with Crippen molar-refractivity contribution >= 4 is 27.4 Å². The van der Waals surface area contributed by atoms with Gasteiger partial charge in [-0.15, -0.1) is 11.3 Å². The lowest BCUT2D eigenvalue weighted by Crippen LogP contribution is -2.17. The molecule has 0 aliphatic heterocycles. The first-order chi connectivity index (χ1) is 11.1. The van der Waals surface area contributed by atoms with E-state index in [1.807, 2.05) is 18.3 Å². The van der Waals surface area contributed by atoms with Crippen molar-refractivity contribution in [1.29, 1.82) is 0 Å². The van der Waals surface area contributed by atoms with Gasteiger partial charge >= 0.3 is 5.97 Å². The topological polar surface area (TPSA) is 26.3 Å². The number of esters is 1. The summed E-state index contributed by atoms with van der Waals surface area (Å²) in [6.45, 7) is 6.90. The van der Waals surface area contributed by atoms with Gasteiger partial charge in [0.2, 0.25) is 0 Å². The predicted octanol–water partition coefficient (Wildman–Crippen LogP) is 5.16. The molecule has 0 saturated carbocycles. The first kappa shape index (κ1) is 16.5. The fourth-order valence-corrected chi connectivity index (χ4v) is 4.97. The maximum atomic E-state index is 11.7. The molecule has 0 spiro atoms. The van der Waals surface area contributed by atoms with Crippen molar-refractivity contribution in [3.63, 3.8) is 0 Å². The highest BCUT2D eigenvalue weighted by atomic mass is 32.1. The Morgan fingerprint density at radius 2 is 2.22 bits per heavy atom. The smallest absolute Gasteiger partial charge is 0.306 e. The van der Waals surface area contributed by atoms with E-state index in [0.29, 0.717) is 24.9 Å². The van der Waals surface area contributed by atoms with Crippen molar-refractivity contribution in [2.75, 3.05) is 6.61 Å². The van der Waals surface area contributed by atoms with Gasteiger partial charge in [0, 0.05) is 16.0 Å². The molecule has 0 radical (unpaired) electrons. The number of carbonyl (C=O) groups is 1. The van der Waals surface area contributed by atoms with Crippen molar-refractivity contribution in [3.05, 3.63) is 34.2 Å². The molecule has 2 aromatic rings. The van der Waals surface area contributed by atoms with E-state index in [1.54, 1.807) is 0 Å². The van der Waals surface area contributed by atoms with Gasteiger partial charge in [-0.2, -0.15) is 0 Å². The van der Waals surface area contributed by atoms with E-state index in [4.69, 9.17) is 4.74 Å². The average Bonchev–Trinajstić information content (AvgIpc) is 2.84. The van der Waals surface area contributed by atoms with E-state index < -0.39 is 0 Å². The van der Waals surface area contributed by atoms with Gasteiger partial charge in [0.15, 0.2) is 0 Å². The Morgan fingerprint density at radius 1 is 1.39 bits per heavy atom. The Kier molecular flexibility index (Phi) is 5.05. The Hall–Kier alpha value is -1.35. The summed E-state index contributed by atoms with van der Waals surface area (Å²) in [6, 6.07) is 6.97. The number of rotatable bonds is 5. The van der Waals surface area contributed by atoms with Crippen LogP contribution in [-0.4, -0.2) is 12.6 Å². The lowest BCUT2D eigenvalue weighted by molar-refractivity contribution is -0.144. The van der Waals surface area contributed by atoms with Crippen LogP contribution in [0.3, 0.4) is 0 Å². The second kappa shape index (κ2) is 7.04. The van der Waals surface area contributed by atoms with Crippen LogP contribution < -0.4 is 0 Å². The molecule has 124 valence electrons. The normalized spacial score (nSPS) is 17.5. The third-order valence-corrected chi connectivity index (χ3v) is 5.86. The zero-order chi connectivity index (χ0) is 16.4. The van der Waals surface area contributed by atoms with Gasteiger partial charge in [-0.25, -0.2) is 0 Å². The summed E-state index contributed by atoms with van der Waals surface area (Å²) in [4.78, 5) is 13.2. The monoisotopic (exact) mass is 330 g/mol. The molecule has 1 aliphatic rings. The SMILES string of the molecule is CCOC(=O)CC1CCc2c(sc3ccc(CC(C)C)cc23)C1. The molecule has 1 aromatic heterocycles. The first-order valence-corrected chi connectivity index (χ1v) is 9.57. The van der Waals surface area contributed by atoms with Crippen molar-refractivity contribution < 1.29 is 9.53 Å². The largest absolute Gasteiger partial charge is 0.466 e. The summed E-state index contributed by atoms with van der Waals surface area (Å²) in [5.41, 5.74) is 2.98. The molecule has 23 heavy (non-hydrogen) atoms. The third kappa shape index (κ3) is 3.77. The van der Waals surface area contributed by atoms with Crippen molar-refractivity contribution in [2.24, 2.45) is 11.8 Å². The molecule has 1 unspecified atom stereocenters. The second-order valence-electron chi connectivity index (χ2n) is 7.05. The minimum atomic E-state index is -0.0405. The molecule has 1 atom stereocenters. The fourth-order valence-electron chi connectivity index (χ4n) is 3.63. The van der Waals surface area contributed by atoms with Crippen LogP contribution in [0.5, 0.6) is 0 Å². The standard InChI is InChI=1S/C20H26O2S/c1-4-22-20(21)12-15-5-7-16-17-10-14(9-13(2)3)6-8-18(17)23-19(16)11-15/h6,8,10,13,15H,4-5,7,9,11-12H2,1-3H3. The number of fused-ring (bicyclic) bond motifs is 3. The summed E-state index contributed by atoms with van der Waals surface area (Å²) >= 11 is 1.92. The van der Waals surface area contributed by atoms with Gasteiger partial charge in [-0.05, 0) is 67.0 Å². The van der Waals surface area contributed by atoms with Crippen LogP contribution in [0.25, 0.3) is 10.1 Å². The van der Waals surface area contributed by atoms with Crippen LogP contribution in [0.1, 0.15) is 49.6 Å². The van der Waals surface area contributed by atoms with E-state index >= 15 is 0 Å². The Bertz CT molecular complexity index is 699. The number of thiophene rings is 1. The van der Waals surface area contributed by atoms with Crippen LogP contribution >= 0.6 is 11.3 Å². The highest BCUT2D eigenvalue weighted by Gasteiger charge is 2.25. The molecule has 0 bridgehead atoms. The lowest BCUT2D eigenvalue weighted by atomic mass is 9.85. The molecule has 3 heteroatoms. The van der Waals surface area contributed by atoms with Crippen molar-refractivity contribution in [3.8, 4) is 0 Å². The van der Waals surface area contributed by atoms with E-state index in [-0.39, 0.29) is 5.97 Å². The maximum absolute atomic E-state index is 11.7. The fraction of sp³-hybridized carbons (Fsp3) is 0.550. The number of benzene rings is 1. The zero-order valence-corrected chi connectivity index (χ0v) is 15.2. The number of hydrogen-bond donors (Lipinski definition) is 0. The first-order valence-electron chi connectivity index (χ1n) is 8.75. The summed E-state index contributed by atoms with van der Waals surface area (Å²) < 4.78 is 6.51. The van der Waals surface area contributed by atoms with Crippen molar-refractivity contribution in [2.45, 2.75) is 52.9 Å². The molecule has 0 amide bonds. The van der Waals surface area contributed by atoms with E-state index in [1.165, 1.54) is 26.1 Å². The summed E-state index contributed by atoms with van der Waals surface area (Å²) in [7, 11) is 0. The molecule has 2 nitrogen and oxygen atoms in total. The van der Waals surface area contributed by atoms with Gasteiger partial charge in [0.1, 0.15) is 0 Å².